The van der Waals surface area contributed by atoms with Gasteiger partial charge in [-0.2, -0.15) is 0 Å². The van der Waals surface area contributed by atoms with Crippen molar-refractivity contribution in [1.29, 1.82) is 0 Å². The van der Waals surface area contributed by atoms with Crippen molar-refractivity contribution >= 4 is 38.1 Å². The van der Waals surface area contributed by atoms with Crippen molar-refractivity contribution in [2.75, 3.05) is 36.1 Å². The number of para-hydroxylation sites is 1. The Bertz CT molecular complexity index is 1220. The van der Waals surface area contributed by atoms with E-state index < -0.39 is 10.0 Å². The van der Waals surface area contributed by atoms with Gasteiger partial charge in [0.15, 0.2) is 5.13 Å². The number of carbonyl (C=O) groups excluding carboxylic acids is 1. The van der Waals surface area contributed by atoms with Crippen LogP contribution in [0.15, 0.2) is 53.9 Å². The Balaban J connectivity index is 1.43. The van der Waals surface area contributed by atoms with E-state index >= 15 is 0 Å². The molecule has 1 amide bonds. The number of benzene rings is 2. The van der Waals surface area contributed by atoms with E-state index in [1.54, 1.807) is 42.5 Å². The molecule has 1 aliphatic heterocycles. The van der Waals surface area contributed by atoms with Crippen LogP contribution in [0.3, 0.4) is 0 Å². The summed E-state index contributed by atoms with van der Waals surface area (Å²) in [4.78, 5) is 17.4. The third-order valence-electron chi connectivity index (χ3n) is 5.33. The standard InChI is InChI=1S/C23H25N3O5S2/c1-26(33(2,28)29)17-11-9-16(10-12-17)20-15-32-23(24-20)25-22(27)19-7-3-4-8-21(19)31-14-18-6-5-13-30-18/h3-4,7-12,15,18H,5-6,13-14H2,1-2H3,(H,24,25,27). The fourth-order valence-corrected chi connectivity index (χ4v) is 4.62. The first-order valence-corrected chi connectivity index (χ1v) is 13.2. The van der Waals surface area contributed by atoms with E-state index in [0.29, 0.717) is 34.4 Å². The molecule has 33 heavy (non-hydrogen) atoms. The highest BCUT2D eigenvalue weighted by Gasteiger charge is 2.19. The molecule has 2 heterocycles. The number of nitrogens with zero attached hydrogens (tertiary/aromatic N) is 2. The Morgan fingerprint density at radius 2 is 2.00 bits per heavy atom. The number of nitrogens with one attached hydrogen (secondary N) is 1. The van der Waals surface area contributed by atoms with Crippen LogP contribution in [-0.2, 0) is 14.8 Å². The van der Waals surface area contributed by atoms with E-state index in [1.165, 1.54) is 22.7 Å². The molecule has 0 radical (unpaired) electrons. The van der Waals surface area contributed by atoms with E-state index in [4.69, 9.17) is 9.47 Å². The molecular formula is C23H25N3O5S2. The van der Waals surface area contributed by atoms with Gasteiger partial charge >= 0.3 is 0 Å². The van der Waals surface area contributed by atoms with Crippen LogP contribution < -0.4 is 14.4 Å². The molecule has 1 aliphatic rings. The molecule has 4 rings (SSSR count). The van der Waals surface area contributed by atoms with Gasteiger partial charge < -0.3 is 9.47 Å². The first-order chi connectivity index (χ1) is 15.8. The molecule has 1 unspecified atom stereocenters. The molecular weight excluding hydrogens is 462 g/mol. The molecule has 1 atom stereocenters. The van der Waals surface area contributed by atoms with Crippen molar-refractivity contribution in [1.82, 2.24) is 4.98 Å². The predicted octanol–water partition coefficient (Wildman–Crippen LogP) is 4.02. The average molecular weight is 488 g/mol. The molecule has 8 nitrogen and oxygen atoms in total. The molecule has 1 aromatic heterocycles. The first kappa shape index (κ1) is 23.2. The molecule has 10 heteroatoms. The zero-order chi connectivity index (χ0) is 23.4. The van der Waals surface area contributed by atoms with Gasteiger partial charge in [0.05, 0.1) is 29.3 Å². The van der Waals surface area contributed by atoms with Gasteiger partial charge in [0.1, 0.15) is 12.4 Å². The summed E-state index contributed by atoms with van der Waals surface area (Å²) in [5.41, 5.74) is 2.49. The van der Waals surface area contributed by atoms with Gasteiger partial charge in [-0.1, -0.05) is 24.3 Å². The number of ether oxygens (including phenoxy) is 2. The van der Waals surface area contributed by atoms with Gasteiger partial charge in [-0.15, -0.1) is 11.3 Å². The van der Waals surface area contributed by atoms with Crippen molar-refractivity contribution in [2.24, 2.45) is 0 Å². The average Bonchev–Trinajstić information content (AvgIpc) is 3.49. The van der Waals surface area contributed by atoms with Crippen LogP contribution in [0.25, 0.3) is 11.3 Å². The maximum atomic E-state index is 12.9. The number of aromatic nitrogens is 1. The summed E-state index contributed by atoms with van der Waals surface area (Å²) >= 11 is 1.31. The highest BCUT2D eigenvalue weighted by Crippen LogP contribution is 2.28. The van der Waals surface area contributed by atoms with Crippen molar-refractivity contribution in [3.63, 3.8) is 0 Å². The fourth-order valence-electron chi connectivity index (χ4n) is 3.40. The third-order valence-corrected chi connectivity index (χ3v) is 7.29. The minimum atomic E-state index is -3.33. The van der Waals surface area contributed by atoms with E-state index in [1.807, 2.05) is 11.4 Å². The van der Waals surface area contributed by atoms with Crippen LogP contribution >= 0.6 is 11.3 Å². The molecule has 1 saturated heterocycles. The third kappa shape index (κ3) is 5.70. The molecule has 0 spiro atoms. The largest absolute Gasteiger partial charge is 0.490 e. The molecule has 3 aromatic rings. The van der Waals surface area contributed by atoms with Crippen LogP contribution in [0, 0.1) is 0 Å². The summed E-state index contributed by atoms with van der Waals surface area (Å²) in [6, 6.07) is 14.1. The van der Waals surface area contributed by atoms with E-state index in [2.05, 4.69) is 10.3 Å². The van der Waals surface area contributed by atoms with Crippen molar-refractivity contribution < 1.29 is 22.7 Å². The summed E-state index contributed by atoms with van der Waals surface area (Å²) in [5.74, 6) is 0.205. The summed E-state index contributed by atoms with van der Waals surface area (Å²) in [5, 5.41) is 5.13. The highest BCUT2D eigenvalue weighted by atomic mass is 32.2. The number of amides is 1. The Morgan fingerprint density at radius 3 is 2.70 bits per heavy atom. The van der Waals surface area contributed by atoms with Crippen LogP contribution in [0.5, 0.6) is 5.75 Å². The second-order valence-electron chi connectivity index (χ2n) is 7.71. The number of sulfonamides is 1. The van der Waals surface area contributed by atoms with Gasteiger partial charge in [0, 0.05) is 24.6 Å². The van der Waals surface area contributed by atoms with Gasteiger partial charge in [-0.05, 0) is 37.1 Å². The molecule has 0 aliphatic carbocycles. The van der Waals surface area contributed by atoms with Crippen molar-refractivity contribution in [2.45, 2.75) is 18.9 Å². The SMILES string of the molecule is CN(c1ccc(-c2csc(NC(=O)c3ccccc3OCC3CCCO3)n2)cc1)S(C)(=O)=O. The topological polar surface area (TPSA) is 97.8 Å². The molecule has 1 N–H and O–H groups in total. The Labute approximate surface area is 197 Å². The van der Waals surface area contributed by atoms with Crippen LogP contribution in [-0.4, -0.2) is 51.9 Å². The number of hydrogen-bond donors (Lipinski definition) is 1. The van der Waals surface area contributed by atoms with E-state index in [-0.39, 0.29) is 12.0 Å². The lowest BCUT2D eigenvalue weighted by molar-refractivity contribution is 0.0673. The zero-order valence-corrected chi connectivity index (χ0v) is 20.0. The zero-order valence-electron chi connectivity index (χ0n) is 18.4. The monoisotopic (exact) mass is 487 g/mol. The number of carbonyl (C=O) groups is 1. The minimum Gasteiger partial charge on any atom is -0.490 e. The number of hydrogen-bond acceptors (Lipinski definition) is 7. The van der Waals surface area contributed by atoms with Crippen LogP contribution in [0.1, 0.15) is 23.2 Å². The molecule has 1 fully saturated rings. The highest BCUT2D eigenvalue weighted by molar-refractivity contribution is 7.92. The summed E-state index contributed by atoms with van der Waals surface area (Å²) in [6.45, 7) is 1.16. The lowest BCUT2D eigenvalue weighted by atomic mass is 10.1. The smallest absolute Gasteiger partial charge is 0.261 e. The van der Waals surface area contributed by atoms with Crippen LogP contribution in [0.4, 0.5) is 10.8 Å². The molecule has 0 bridgehead atoms. The van der Waals surface area contributed by atoms with E-state index in [9.17, 15) is 13.2 Å². The Kier molecular flexibility index (Phi) is 6.96. The lowest BCUT2D eigenvalue weighted by Gasteiger charge is -2.16. The lowest BCUT2D eigenvalue weighted by Crippen LogP contribution is -2.24. The maximum absolute atomic E-state index is 12.9. The molecule has 0 saturated carbocycles. The second kappa shape index (κ2) is 9.90. The number of anilines is 2. The summed E-state index contributed by atoms with van der Waals surface area (Å²) < 4.78 is 36.1. The second-order valence-corrected chi connectivity index (χ2v) is 10.6. The Hall–Kier alpha value is -2.95. The van der Waals surface area contributed by atoms with Crippen molar-refractivity contribution in [3.05, 3.63) is 59.5 Å². The maximum Gasteiger partial charge on any atom is 0.261 e. The minimum absolute atomic E-state index is 0.0613. The summed E-state index contributed by atoms with van der Waals surface area (Å²) in [7, 11) is -1.82. The van der Waals surface area contributed by atoms with Crippen molar-refractivity contribution in [3.8, 4) is 17.0 Å². The normalized spacial score (nSPS) is 15.9. The molecule has 2 aromatic carbocycles. The summed E-state index contributed by atoms with van der Waals surface area (Å²) in [6.07, 6.45) is 3.20. The van der Waals surface area contributed by atoms with E-state index in [0.717, 1.165) is 31.3 Å². The number of thiazole rings is 1. The molecule has 174 valence electrons. The van der Waals surface area contributed by atoms with Gasteiger partial charge in [-0.3, -0.25) is 14.4 Å². The van der Waals surface area contributed by atoms with Gasteiger partial charge in [0.25, 0.3) is 5.91 Å². The fraction of sp³-hybridized carbons (Fsp3) is 0.304. The Morgan fingerprint density at radius 1 is 1.24 bits per heavy atom. The quantitative estimate of drug-likeness (QED) is 0.516. The van der Waals surface area contributed by atoms with Crippen LogP contribution in [0.2, 0.25) is 0 Å². The predicted molar refractivity (Wildman–Crippen MR) is 130 cm³/mol. The van der Waals surface area contributed by atoms with Gasteiger partial charge in [-0.25, -0.2) is 13.4 Å². The van der Waals surface area contributed by atoms with Gasteiger partial charge in [0.2, 0.25) is 10.0 Å². The number of rotatable bonds is 8. The first-order valence-electron chi connectivity index (χ1n) is 10.5.